The minimum absolute atomic E-state index is 0.104. The van der Waals surface area contributed by atoms with Gasteiger partial charge in [-0.25, -0.2) is 9.59 Å². The zero-order valence-corrected chi connectivity index (χ0v) is 13.9. The molecule has 1 amide bonds. The molecular formula is C15H24N4O4. The van der Waals surface area contributed by atoms with Gasteiger partial charge in [0, 0.05) is 25.8 Å². The van der Waals surface area contributed by atoms with E-state index in [0.717, 1.165) is 5.69 Å². The highest BCUT2D eigenvalue weighted by atomic mass is 16.6. The molecule has 1 aromatic rings. The Morgan fingerprint density at radius 1 is 1.43 bits per heavy atom. The number of hydrogen-bond acceptors (Lipinski definition) is 5. The fourth-order valence-corrected chi connectivity index (χ4v) is 2.77. The summed E-state index contributed by atoms with van der Waals surface area (Å²) in [5, 5.41) is 16.2. The molecule has 2 heterocycles. The molecule has 2 rings (SSSR count). The molecule has 8 nitrogen and oxygen atoms in total. The number of anilines is 1. The van der Waals surface area contributed by atoms with Crippen LogP contribution in [0.15, 0.2) is 12.4 Å². The van der Waals surface area contributed by atoms with Crippen LogP contribution in [0, 0.1) is 0 Å². The quantitative estimate of drug-likeness (QED) is 0.868. The summed E-state index contributed by atoms with van der Waals surface area (Å²) in [5.41, 5.74) is 0.181. The van der Waals surface area contributed by atoms with Gasteiger partial charge in [-0.2, -0.15) is 5.10 Å². The number of aliphatic carboxylic acids is 1. The molecule has 0 unspecified atom stereocenters. The highest BCUT2D eigenvalue weighted by Crippen LogP contribution is 2.30. The monoisotopic (exact) mass is 324 g/mol. The minimum Gasteiger partial charge on any atom is -0.480 e. The Morgan fingerprint density at radius 2 is 2.13 bits per heavy atom. The number of hydrogen-bond donors (Lipinski definition) is 2. The molecule has 8 heteroatoms. The van der Waals surface area contributed by atoms with E-state index in [-0.39, 0.29) is 6.04 Å². The predicted octanol–water partition coefficient (Wildman–Crippen LogP) is 1.37. The van der Waals surface area contributed by atoms with Crippen molar-refractivity contribution >= 4 is 17.7 Å². The van der Waals surface area contributed by atoms with Gasteiger partial charge in [0.25, 0.3) is 0 Å². The maximum Gasteiger partial charge on any atom is 0.407 e. The molecule has 0 spiro atoms. The summed E-state index contributed by atoms with van der Waals surface area (Å²) in [5.74, 6) is -0.867. The number of nitrogens with zero attached hydrogens (tertiary/aromatic N) is 3. The van der Waals surface area contributed by atoms with Crippen LogP contribution in [0.5, 0.6) is 0 Å². The Hall–Kier alpha value is -2.25. The van der Waals surface area contributed by atoms with Crippen LogP contribution in [0.3, 0.4) is 0 Å². The van der Waals surface area contributed by atoms with Crippen molar-refractivity contribution in [1.82, 2.24) is 15.1 Å². The van der Waals surface area contributed by atoms with E-state index in [4.69, 9.17) is 4.74 Å². The van der Waals surface area contributed by atoms with E-state index in [9.17, 15) is 14.7 Å². The van der Waals surface area contributed by atoms with Crippen LogP contribution in [0.1, 0.15) is 33.6 Å². The Bertz CT molecular complexity index is 578. The van der Waals surface area contributed by atoms with Crippen molar-refractivity contribution in [2.45, 2.75) is 51.3 Å². The highest BCUT2D eigenvalue weighted by Gasteiger charge is 2.38. The summed E-state index contributed by atoms with van der Waals surface area (Å²) in [6, 6.07) is -0.711. The second kappa shape index (κ2) is 6.47. The Morgan fingerprint density at radius 3 is 2.65 bits per heavy atom. The van der Waals surface area contributed by atoms with E-state index >= 15 is 0 Å². The van der Waals surface area contributed by atoms with Gasteiger partial charge in [-0.05, 0) is 33.6 Å². The third-order valence-corrected chi connectivity index (χ3v) is 3.66. The first-order valence-electron chi connectivity index (χ1n) is 7.64. The van der Waals surface area contributed by atoms with Gasteiger partial charge in [-0.1, -0.05) is 0 Å². The number of nitrogens with one attached hydrogen (secondary N) is 1. The molecule has 0 bridgehead atoms. The normalized spacial score (nSPS) is 21.3. The lowest BCUT2D eigenvalue weighted by Gasteiger charge is -2.29. The van der Waals surface area contributed by atoms with Gasteiger partial charge in [0.05, 0.1) is 11.9 Å². The molecule has 1 aromatic heterocycles. The van der Waals surface area contributed by atoms with Crippen LogP contribution in [0.25, 0.3) is 0 Å². The maximum atomic E-state index is 11.8. The van der Waals surface area contributed by atoms with Crippen LogP contribution in [-0.4, -0.2) is 51.2 Å². The van der Waals surface area contributed by atoms with Gasteiger partial charge in [-0.3, -0.25) is 4.68 Å². The third-order valence-electron chi connectivity index (χ3n) is 3.66. The maximum absolute atomic E-state index is 11.8. The Kier molecular flexibility index (Phi) is 4.82. The van der Waals surface area contributed by atoms with Crippen molar-refractivity contribution in [3.63, 3.8) is 0 Å². The number of aryl methyl sites for hydroxylation is 1. The molecule has 1 aliphatic heterocycles. The van der Waals surface area contributed by atoms with Gasteiger partial charge in [-0.15, -0.1) is 0 Å². The van der Waals surface area contributed by atoms with Crippen molar-refractivity contribution in [2.75, 3.05) is 11.4 Å². The molecule has 0 aromatic carbocycles. The van der Waals surface area contributed by atoms with E-state index in [1.807, 2.05) is 4.90 Å². The molecule has 2 atom stereocenters. The lowest BCUT2D eigenvalue weighted by atomic mass is 10.2. The van der Waals surface area contributed by atoms with Crippen LogP contribution >= 0.6 is 0 Å². The fourth-order valence-electron chi connectivity index (χ4n) is 2.77. The molecule has 0 aliphatic carbocycles. The van der Waals surface area contributed by atoms with Crippen molar-refractivity contribution < 1.29 is 19.4 Å². The van der Waals surface area contributed by atoms with E-state index in [0.29, 0.717) is 19.4 Å². The second-order valence-electron chi connectivity index (χ2n) is 6.75. The highest BCUT2D eigenvalue weighted by molar-refractivity contribution is 5.79. The lowest BCUT2D eigenvalue weighted by Crippen LogP contribution is -2.46. The molecule has 1 fully saturated rings. The standard InChI is InChI=1S/C15H24N4O4/c1-15(2,3)23-14(22)16-7-10-5-6-12(13(20)21)19(10)11-8-17-18(4)9-11/h8-10,12H,5-7H2,1-4H3,(H,16,22)(H,20,21)/t10-,12+/m1/s1. The largest absolute Gasteiger partial charge is 0.480 e. The zero-order chi connectivity index (χ0) is 17.2. The van der Waals surface area contributed by atoms with Crippen LogP contribution < -0.4 is 10.2 Å². The number of carboxylic acids is 1. The summed E-state index contributed by atoms with van der Waals surface area (Å²) in [6.45, 7) is 5.72. The van der Waals surface area contributed by atoms with Crippen LogP contribution in [0.2, 0.25) is 0 Å². The Balaban J connectivity index is 2.05. The van der Waals surface area contributed by atoms with Crippen molar-refractivity contribution in [3.8, 4) is 0 Å². The summed E-state index contributed by atoms with van der Waals surface area (Å²) < 4.78 is 6.85. The van der Waals surface area contributed by atoms with E-state index in [2.05, 4.69) is 10.4 Å². The van der Waals surface area contributed by atoms with E-state index in [1.54, 1.807) is 44.9 Å². The predicted molar refractivity (Wildman–Crippen MR) is 84.4 cm³/mol. The minimum atomic E-state index is -0.867. The summed E-state index contributed by atoms with van der Waals surface area (Å²) in [4.78, 5) is 25.1. The lowest BCUT2D eigenvalue weighted by molar-refractivity contribution is -0.138. The summed E-state index contributed by atoms with van der Waals surface area (Å²) in [7, 11) is 1.78. The third kappa shape index (κ3) is 4.37. The zero-order valence-electron chi connectivity index (χ0n) is 13.9. The van der Waals surface area contributed by atoms with Crippen molar-refractivity contribution in [3.05, 3.63) is 12.4 Å². The van der Waals surface area contributed by atoms with E-state index < -0.39 is 23.7 Å². The number of carbonyl (C=O) groups excluding carboxylic acids is 1. The van der Waals surface area contributed by atoms with Crippen molar-refractivity contribution in [1.29, 1.82) is 0 Å². The summed E-state index contributed by atoms with van der Waals surface area (Å²) in [6.07, 6.45) is 4.14. The number of ether oxygens (including phenoxy) is 1. The Labute approximate surface area is 135 Å². The first-order valence-corrected chi connectivity index (χ1v) is 7.64. The van der Waals surface area contributed by atoms with Crippen LogP contribution in [-0.2, 0) is 16.6 Å². The average molecular weight is 324 g/mol. The van der Waals surface area contributed by atoms with Gasteiger partial charge in [0.1, 0.15) is 11.6 Å². The molecule has 1 aliphatic rings. The van der Waals surface area contributed by atoms with Crippen molar-refractivity contribution in [2.24, 2.45) is 7.05 Å². The molecule has 128 valence electrons. The average Bonchev–Trinajstić information content (AvgIpc) is 2.99. The number of carbonyl (C=O) groups is 2. The smallest absolute Gasteiger partial charge is 0.407 e. The number of aromatic nitrogens is 2. The number of rotatable bonds is 4. The number of alkyl carbamates (subject to hydrolysis) is 1. The second-order valence-corrected chi connectivity index (χ2v) is 6.75. The number of carboxylic acid groups (broad SMARTS) is 1. The number of amides is 1. The first kappa shape index (κ1) is 17.1. The van der Waals surface area contributed by atoms with Gasteiger partial charge >= 0.3 is 12.1 Å². The molecule has 0 saturated carbocycles. The van der Waals surface area contributed by atoms with Gasteiger partial charge < -0.3 is 20.1 Å². The molecule has 1 saturated heterocycles. The summed E-state index contributed by atoms with van der Waals surface area (Å²) >= 11 is 0. The van der Waals surface area contributed by atoms with Gasteiger partial charge in [0.15, 0.2) is 0 Å². The molecule has 0 radical (unpaired) electrons. The van der Waals surface area contributed by atoms with Crippen LogP contribution in [0.4, 0.5) is 10.5 Å². The molecular weight excluding hydrogens is 300 g/mol. The van der Waals surface area contributed by atoms with E-state index in [1.165, 1.54) is 0 Å². The molecule has 23 heavy (non-hydrogen) atoms. The fraction of sp³-hybridized carbons (Fsp3) is 0.667. The SMILES string of the molecule is Cn1cc(N2[C@@H](CNC(=O)OC(C)(C)C)CC[C@H]2C(=O)O)cn1. The first-order chi connectivity index (χ1) is 10.7. The van der Waals surface area contributed by atoms with Gasteiger partial charge in [0.2, 0.25) is 0 Å². The molecule has 2 N–H and O–H groups in total. The topological polar surface area (TPSA) is 96.7 Å².